The molecule has 3 rings (SSSR count). The standard InChI is InChI=1S/C15H12F3N5O2/c16-15(17,18)11-3-10(13-7-25-14(24)23-22-13)1-2-12(11)21-6-9-4-19-8-20-5-9/h1-5,8,21H,6-7H2,(H,23,24). The van der Waals surface area contributed by atoms with Gasteiger partial charge in [-0.2, -0.15) is 18.3 Å². The van der Waals surface area contributed by atoms with Gasteiger partial charge < -0.3 is 10.1 Å². The van der Waals surface area contributed by atoms with E-state index in [1.165, 1.54) is 30.9 Å². The second kappa shape index (κ2) is 6.75. The van der Waals surface area contributed by atoms with Crippen molar-refractivity contribution in [1.82, 2.24) is 15.4 Å². The number of amides is 1. The molecule has 1 aliphatic rings. The Kier molecular flexibility index (Phi) is 4.50. The van der Waals surface area contributed by atoms with Crippen molar-refractivity contribution in [2.24, 2.45) is 5.10 Å². The lowest BCUT2D eigenvalue weighted by Gasteiger charge is -2.18. The highest BCUT2D eigenvalue weighted by Gasteiger charge is 2.34. The molecule has 130 valence electrons. The van der Waals surface area contributed by atoms with Gasteiger partial charge in [0.15, 0.2) is 0 Å². The Morgan fingerprint density at radius 2 is 2.00 bits per heavy atom. The normalized spacial score (nSPS) is 14.4. The second-order valence-electron chi connectivity index (χ2n) is 5.10. The highest BCUT2D eigenvalue weighted by Crippen LogP contribution is 2.36. The molecule has 2 aromatic rings. The van der Waals surface area contributed by atoms with Crippen molar-refractivity contribution in [3.05, 3.63) is 53.6 Å². The summed E-state index contributed by atoms with van der Waals surface area (Å²) in [4.78, 5) is 18.5. The van der Waals surface area contributed by atoms with Crippen molar-refractivity contribution in [1.29, 1.82) is 0 Å². The summed E-state index contributed by atoms with van der Waals surface area (Å²) in [6.07, 6.45) is -0.949. The van der Waals surface area contributed by atoms with Crippen LogP contribution in [0.15, 0.2) is 42.0 Å². The maximum atomic E-state index is 13.4. The van der Waals surface area contributed by atoms with Crippen LogP contribution in [0.25, 0.3) is 0 Å². The first-order valence-corrected chi connectivity index (χ1v) is 7.12. The molecule has 2 heterocycles. The molecule has 2 N–H and O–H groups in total. The van der Waals surface area contributed by atoms with Crippen molar-refractivity contribution in [2.75, 3.05) is 11.9 Å². The Labute approximate surface area is 139 Å². The maximum absolute atomic E-state index is 13.4. The first kappa shape index (κ1) is 16.7. The average molecular weight is 351 g/mol. The lowest BCUT2D eigenvalue weighted by atomic mass is 10.0. The predicted octanol–water partition coefficient (Wildman–Crippen LogP) is 2.55. The van der Waals surface area contributed by atoms with Gasteiger partial charge in [0.1, 0.15) is 18.6 Å². The van der Waals surface area contributed by atoms with Crippen LogP contribution in [0.2, 0.25) is 0 Å². The molecular formula is C15H12F3N5O2. The minimum atomic E-state index is -4.56. The number of halogens is 3. The summed E-state index contributed by atoms with van der Waals surface area (Å²) >= 11 is 0. The number of nitrogens with zero attached hydrogens (tertiary/aromatic N) is 3. The molecule has 0 radical (unpaired) electrons. The molecule has 10 heteroatoms. The number of nitrogens with one attached hydrogen (secondary N) is 2. The number of hydrazone groups is 1. The Balaban J connectivity index is 1.87. The molecule has 1 aromatic heterocycles. The molecule has 0 unspecified atom stereocenters. The number of benzene rings is 1. The van der Waals surface area contributed by atoms with Gasteiger partial charge >= 0.3 is 12.3 Å². The Bertz CT molecular complexity index is 809. The van der Waals surface area contributed by atoms with Crippen LogP contribution in [-0.4, -0.2) is 28.4 Å². The second-order valence-corrected chi connectivity index (χ2v) is 5.10. The van der Waals surface area contributed by atoms with Crippen LogP contribution < -0.4 is 10.7 Å². The van der Waals surface area contributed by atoms with Crippen LogP contribution in [0.5, 0.6) is 0 Å². The van der Waals surface area contributed by atoms with Crippen molar-refractivity contribution >= 4 is 17.5 Å². The van der Waals surface area contributed by atoms with Crippen LogP contribution in [0, 0.1) is 0 Å². The van der Waals surface area contributed by atoms with Crippen molar-refractivity contribution in [2.45, 2.75) is 12.7 Å². The van der Waals surface area contributed by atoms with Gasteiger partial charge in [-0.25, -0.2) is 20.2 Å². The van der Waals surface area contributed by atoms with E-state index in [2.05, 4.69) is 25.8 Å². The van der Waals surface area contributed by atoms with Gasteiger partial charge in [0.25, 0.3) is 0 Å². The molecule has 0 saturated heterocycles. The van der Waals surface area contributed by atoms with Crippen LogP contribution in [0.4, 0.5) is 23.7 Å². The summed E-state index contributed by atoms with van der Waals surface area (Å²) in [6, 6.07) is 3.74. The van der Waals surface area contributed by atoms with Crippen molar-refractivity contribution in [3.8, 4) is 0 Å². The van der Waals surface area contributed by atoms with E-state index in [1.54, 1.807) is 0 Å². The minimum Gasteiger partial charge on any atom is -0.442 e. The van der Waals surface area contributed by atoms with Crippen LogP contribution in [0.3, 0.4) is 0 Å². The molecule has 1 aromatic carbocycles. The molecule has 0 aliphatic carbocycles. The van der Waals surface area contributed by atoms with E-state index in [9.17, 15) is 18.0 Å². The molecule has 0 spiro atoms. The highest BCUT2D eigenvalue weighted by molar-refractivity contribution is 6.04. The summed E-state index contributed by atoms with van der Waals surface area (Å²) < 4.78 is 44.8. The van der Waals surface area contributed by atoms with Gasteiger partial charge in [0.05, 0.1) is 5.56 Å². The largest absolute Gasteiger partial charge is 0.442 e. The van der Waals surface area contributed by atoms with Gasteiger partial charge in [0, 0.05) is 35.8 Å². The lowest BCUT2D eigenvalue weighted by Crippen LogP contribution is -2.30. The molecule has 0 fully saturated rings. The predicted molar refractivity (Wildman–Crippen MR) is 81.8 cm³/mol. The number of cyclic esters (lactones) is 1. The third-order valence-corrected chi connectivity index (χ3v) is 3.38. The van der Waals surface area contributed by atoms with E-state index in [0.717, 1.165) is 6.07 Å². The Hall–Kier alpha value is -3.17. The number of hydrogen-bond acceptors (Lipinski definition) is 6. The molecule has 7 nitrogen and oxygen atoms in total. The number of carbonyl (C=O) groups excluding carboxylic acids is 1. The fraction of sp³-hybridized carbons (Fsp3) is 0.200. The molecule has 0 atom stereocenters. The van der Waals surface area contributed by atoms with Crippen LogP contribution in [0.1, 0.15) is 16.7 Å². The summed E-state index contributed by atoms with van der Waals surface area (Å²) in [5.74, 6) is 0. The topological polar surface area (TPSA) is 88.5 Å². The fourth-order valence-corrected chi connectivity index (χ4v) is 2.19. The van der Waals surface area contributed by atoms with Crippen LogP contribution >= 0.6 is 0 Å². The number of aromatic nitrogens is 2. The summed E-state index contributed by atoms with van der Waals surface area (Å²) in [7, 11) is 0. The van der Waals surface area contributed by atoms with E-state index in [0.29, 0.717) is 5.56 Å². The first-order chi connectivity index (χ1) is 11.9. The smallest absolute Gasteiger partial charge is 0.428 e. The third-order valence-electron chi connectivity index (χ3n) is 3.38. The minimum absolute atomic E-state index is 0.0820. The quantitative estimate of drug-likeness (QED) is 0.884. The van der Waals surface area contributed by atoms with E-state index in [4.69, 9.17) is 4.74 Å². The maximum Gasteiger partial charge on any atom is 0.428 e. The Morgan fingerprint density at radius 3 is 2.64 bits per heavy atom. The zero-order chi connectivity index (χ0) is 17.9. The fourth-order valence-electron chi connectivity index (χ4n) is 2.19. The number of hydrogen-bond donors (Lipinski definition) is 2. The van der Waals surface area contributed by atoms with Crippen molar-refractivity contribution in [3.63, 3.8) is 0 Å². The monoisotopic (exact) mass is 351 g/mol. The van der Waals surface area contributed by atoms with Crippen LogP contribution in [-0.2, 0) is 17.5 Å². The zero-order valence-corrected chi connectivity index (χ0v) is 12.7. The molecular weight excluding hydrogens is 339 g/mol. The molecule has 25 heavy (non-hydrogen) atoms. The van der Waals surface area contributed by atoms with Gasteiger partial charge in [-0.1, -0.05) is 6.07 Å². The van der Waals surface area contributed by atoms with E-state index >= 15 is 0 Å². The van der Waals surface area contributed by atoms with Gasteiger partial charge in [-0.05, 0) is 12.1 Å². The molecule has 0 bridgehead atoms. The van der Waals surface area contributed by atoms with Gasteiger partial charge in [0.2, 0.25) is 0 Å². The van der Waals surface area contributed by atoms with Gasteiger partial charge in [-0.3, -0.25) is 0 Å². The van der Waals surface area contributed by atoms with Crippen molar-refractivity contribution < 1.29 is 22.7 Å². The summed E-state index contributed by atoms with van der Waals surface area (Å²) in [5.41, 5.74) is 2.20. The molecule has 1 aliphatic heterocycles. The number of rotatable bonds is 4. The summed E-state index contributed by atoms with van der Waals surface area (Å²) in [5, 5.41) is 6.45. The lowest BCUT2D eigenvalue weighted by molar-refractivity contribution is -0.137. The number of alkyl halides is 3. The first-order valence-electron chi connectivity index (χ1n) is 7.12. The molecule has 0 saturated carbocycles. The third kappa shape index (κ3) is 4.03. The molecule has 1 amide bonds. The van der Waals surface area contributed by atoms with E-state index in [-0.39, 0.29) is 30.1 Å². The average Bonchev–Trinajstić information content (AvgIpc) is 2.61. The van der Waals surface area contributed by atoms with Gasteiger partial charge in [-0.15, -0.1) is 0 Å². The number of anilines is 1. The highest BCUT2D eigenvalue weighted by atomic mass is 19.4. The van der Waals surface area contributed by atoms with E-state index in [1.807, 2.05) is 0 Å². The summed E-state index contributed by atoms with van der Waals surface area (Å²) in [6.45, 7) is -0.0549. The Morgan fingerprint density at radius 1 is 1.24 bits per heavy atom. The zero-order valence-electron chi connectivity index (χ0n) is 12.7. The van der Waals surface area contributed by atoms with E-state index < -0.39 is 17.8 Å². The number of ether oxygens (including phenoxy) is 1. The SMILES string of the molecule is O=C1NN=C(c2ccc(NCc3cncnc3)c(C(F)(F)F)c2)CO1. The number of carbonyl (C=O) groups is 1.